The van der Waals surface area contributed by atoms with Gasteiger partial charge in [-0.3, -0.25) is 10.1 Å². The number of nitrogens with zero attached hydrogens (tertiary/aromatic N) is 3. The Morgan fingerprint density at radius 2 is 2.39 bits per heavy atom. The molecule has 0 amide bonds. The van der Waals surface area contributed by atoms with Crippen LogP contribution in [0.2, 0.25) is 0 Å². The lowest BCUT2D eigenvalue weighted by molar-refractivity contribution is -0.415. The molecule has 2 rings (SSSR count). The SMILES string of the molecule is CN1CCCN(CC2CCOC2)C1=C(Cl)[N+](=O)[O-]. The molecule has 1 atom stereocenters. The number of ether oxygens (including phenoxy) is 1. The molecule has 0 spiro atoms. The Morgan fingerprint density at radius 1 is 1.61 bits per heavy atom. The summed E-state index contributed by atoms with van der Waals surface area (Å²) >= 11 is 5.84. The number of rotatable bonds is 3. The minimum Gasteiger partial charge on any atom is -0.381 e. The molecule has 2 aliphatic rings. The maximum Gasteiger partial charge on any atom is 0.377 e. The molecule has 102 valence electrons. The second kappa shape index (κ2) is 5.75. The smallest absolute Gasteiger partial charge is 0.377 e. The third kappa shape index (κ3) is 2.87. The van der Waals surface area contributed by atoms with Crippen LogP contribution in [0.4, 0.5) is 0 Å². The first-order valence-electron chi connectivity index (χ1n) is 6.17. The van der Waals surface area contributed by atoms with Gasteiger partial charge in [-0.25, -0.2) is 0 Å². The fourth-order valence-corrected chi connectivity index (χ4v) is 2.80. The van der Waals surface area contributed by atoms with Gasteiger partial charge in [0.15, 0.2) is 5.82 Å². The Bertz CT molecular complexity index is 355. The number of halogens is 1. The van der Waals surface area contributed by atoms with E-state index in [0.29, 0.717) is 11.7 Å². The molecule has 0 aromatic heterocycles. The van der Waals surface area contributed by atoms with Crippen molar-refractivity contribution in [1.29, 1.82) is 0 Å². The van der Waals surface area contributed by atoms with E-state index < -0.39 is 4.92 Å². The summed E-state index contributed by atoms with van der Waals surface area (Å²) in [6, 6.07) is 0. The van der Waals surface area contributed by atoms with Crippen molar-refractivity contribution in [3.63, 3.8) is 0 Å². The lowest BCUT2D eigenvalue weighted by atomic mass is 10.1. The minimum atomic E-state index is -0.517. The Hall–Kier alpha value is -1.01. The van der Waals surface area contributed by atoms with Crippen LogP contribution in [0.5, 0.6) is 0 Å². The van der Waals surface area contributed by atoms with Crippen molar-refractivity contribution in [2.24, 2.45) is 5.92 Å². The van der Waals surface area contributed by atoms with Crippen molar-refractivity contribution in [1.82, 2.24) is 9.80 Å². The normalized spacial score (nSPS) is 27.6. The van der Waals surface area contributed by atoms with Crippen molar-refractivity contribution < 1.29 is 9.66 Å². The average molecular weight is 276 g/mol. The summed E-state index contributed by atoms with van der Waals surface area (Å²) in [7, 11) is 1.85. The zero-order valence-corrected chi connectivity index (χ0v) is 11.2. The van der Waals surface area contributed by atoms with Gasteiger partial charge in [-0.1, -0.05) is 0 Å². The fourth-order valence-electron chi connectivity index (χ4n) is 2.54. The van der Waals surface area contributed by atoms with E-state index in [1.807, 2.05) is 16.8 Å². The third-order valence-electron chi connectivity index (χ3n) is 3.43. The van der Waals surface area contributed by atoms with E-state index in [1.54, 1.807) is 0 Å². The van der Waals surface area contributed by atoms with Crippen LogP contribution in [0.25, 0.3) is 0 Å². The number of hydrogen-bond acceptors (Lipinski definition) is 5. The van der Waals surface area contributed by atoms with Crippen LogP contribution in [0, 0.1) is 16.0 Å². The molecule has 2 aliphatic heterocycles. The second-order valence-electron chi connectivity index (χ2n) is 4.82. The Labute approximate surface area is 111 Å². The first-order chi connectivity index (χ1) is 8.59. The molecule has 1 unspecified atom stereocenters. The summed E-state index contributed by atoms with van der Waals surface area (Å²) in [5.41, 5.74) is 0. The van der Waals surface area contributed by atoms with Crippen LogP contribution in [0.15, 0.2) is 11.0 Å². The average Bonchev–Trinajstić information content (AvgIpc) is 2.81. The fraction of sp³-hybridized carbons (Fsp3) is 0.818. The van der Waals surface area contributed by atoms with Gasteiger partial charge in [0.05, 0.1) is 11.5 Å². The first kappa shape index (κ1) is 13.4. The molecular weight excluding hydrogens is 258 g/mol. The molecule has 2 fully saturated rings. The molecule has 0 bridgehead atoms. The maximum absolute atomic E-state index is 10.9. The highest BCUT2D eigenvalue weighted by molar-refractivity contribution is 6.28. The van der Waals surface area contributed by atoms with Crippen LogP contribution in [-0.2, 0) is 4.74 Å². The second-order valence-corrected chi connectivity index (χ2v) is 5.18. The molecule has 2 heterocycles. The van der Waals surface area contributed by atoms with E-state index in [2.05, 4.69) is 0 Å². The van der Waals surface area contributed by atoms with Crippen molar-refractivity contribution in [3.05, 3.63) is 21.1 Å². The summed E-state index contributed by atoms with van der Waals surface area (Å²) in [5.74, 6) is 0.988. The molecule has 0 N–H and O–H groups in total. The van der Waals surface area contributed by atoms with Crippen LogP contribution in [0.1, 0.15) is 12.8 Å². The van der Waals surface area contributed by atoms with Gasteiger partial charge in [0, 0.05) is 39.2 Å². The lowest BCUT2D eigenvalue weighted by Crippen LogP contribution is -2.43. The van der Waals surface area contributed by atoms with E-state index in [9.17, 15) is 10.1 Å². The van der Waals surface area contributed by atoms with E-state index >= 15 is 0 Å². The van der Waals surface area contributed by atoms with Crippen molar-refractivity contribution in [3.8, 4) is 0 Å². The highest BCUT2D eigenvalue weighted by Crippen LogP contribution is 2.25. The number of hydrogen-bond donors (Lipinski definition) is 0. The third-order valence-corrected chi connectivity index (χ3v) is 3.74. The molecule has 2 saturated heterocycles. The Balaban J connectivity index is 2.14. The molecule has 7 heteroatoms. The van der Waals surface area contributed by atoms with Crippen molar-refractivity contribution in [2.45, 2.75) is 12.8 Å². The van der Waals surface area contributed by atoms with Gasteiger partial charge in [-0.2, -0.15) is 0 Å². The monoisotopic (exact) mass is 275 g/mol. The first-order valence-corrected chi connectivity index (χ1v) is 6.55. The number of nitro groups is 1. The lowest BCUT2D eigenvalue weighted by Gasteiger charge is -2.38. The Morgan fingerprint density at radius 3 is 3.00 bits per heavy atom. The molecule has 6 nitrogen and oxygen atoms in total. The molecule has 0 radical (unpaired) electrons. The highest BCUT2D eigenvalue weighted by Gasteiger charge is 2.31. The van der Waals surface area contributed by atoms with Gasteiger partial charge in [0.25, 0.3) is 0 Å². The predicted octanol–water partition coefficient (Wildman–Crippen LogP) is 1.30. The molecule has 0 aliphatic carbocycles. The van der Waals surface area contributed by atoms with Gasteiger partial charge in [0.2, 0.25) is 0 Å². The minimum absolute atomic E-state index is 0.281. The quantitative estimate of drug-likeness (QED) is 0.441. The van der Waals surface area contributed by atoms with Gasteiger partial charge >= 0.3 is 5.16 Å². The van der Waals surface area contributed by atoms with Gasteiger partial charge < -0.3 is 14.5 Å². The molecule has 18 heavy (non-hydrogen) atoms. The van der Waals surface area contributed by atoms with Crippen LogP contribution in [0.3, 0.4) is 0 Å². The zero-order valence-electron chi connectivity index (χ0n) is 10.5. The predicted molar refractivity (Wildman–Crippen MR) is 67.6 cm³/mol. The van der Waals surface area contributed by atoms with E-state index in [4.69, 9.17) is 16.3 Å². The molecule has 0 saturated carbocycles. The summed E-state index contributed by atoms with van der Waals surface area (Å²) < 4.78 is 5.35. The summed E-state index contributed by atoms with van der Waals surface area (Å²) in [4.78, 5) is 14.2. The van der Waals surface area contributed by atoms with Crippen molar-refractivity contribution in [2.75, 3.05) is 39.9 Å². The Kier molecular flexibility index (Phi) is 4.29. The molecular formula is C11H18ClN3O3. The van der Waals surface area contributed by atoms with Gasteiger partial charge in [0.1, 0.15) is 0 Å². The van der Waals surface area contributed by atoms with Gasteiger partial charge in [-0.05, 0) is 24.4 Å². The van der Waals surface area contributed by atoms with E-state index in [1.165, 1.54) is 0 Å². The van der Waals surface area contributed by atoms with Crippen LogP contribution in [-0.4, -0.2) is 54.6 Å². The van der Waals surface area contributed by atoms with Gasteiger partial charge in [-0.15, -0.1) is 0 Å². The van der Waals surface area contributed by atoms with E-state index in [-0.39, 0.29) is 5.16 Å². The maximum atomic E-state index is 10.9. The summed E-state index contributed by atoms with van der Waals surface area (Å²) in [6.07, 6.45) is 2.01. The molecule has 0 aromatic rings. The van der Waals surface area contributed by atoms with E-state index in [0.717, 1.165) is 45.7 Å². The van der Waals surface area contributed by atoms with Crippen LogP contribution >= 0.6 is 11.6 Å². The van der Waals surface area contributed by atoms with Crippen LogP contribution < -0.4 is 0 Å². The zero-order chi connectivity index (χ0) is 13.1. The summed E-state index contributed by atoms with van der Waals surface area (Å²) in [5, 5.41) is 10.6. The molecule has 0 aromatic carbocycles. The van der Waals surface area contributed by atoms with Crippen molar-refractivity contribution >= 4 is 11.6 Å². The standard InChI is InChI=1S/C11H18ClN3O3/c1-13-4-2-5-14(7-9-3-6-18-8-9)11(13)10(12)15(16)17/h9H,2-8H2,1H3. The largest absolute Gasteiger partial charge is 0.381 e. The summed E-state index contributed by atoms with van der Waals surface area (Å²) in [6.45, 7) is 3.93. The topological polar surface area (TPSA) is 58.8 Å². The highest BCUT2D eigenvalue weighted by atomic mass is 35.5.